The third-order valence-electron chi connectivity index (χ3n) is 5.77. The lowest BCUT2D eigenvalue weighted by Crippen LogP contribution is -2.50. The van der Waals surface area contributed by atoms with Gasteiger partial charge in [-0.1, -0.05) is 25.0 Å². The summed E-state index contributed by atoms with van der Waals surface area (Å²) in [5, 5.41) is 10.3. The van der Waals surface area contributed by atoms with Crippen LogP contribution >= 0.6 is 0 Å². The maximum atomic E-state index is 13.4. The highest BCUT2D eigenvalue weighted by Crippen LogP contribution is 2.24. The van der Waals surface area contributed by atoms with Crippen LogP contribution in [0, 0.1) is 11.7 Å². The highest BCUT2D eigenvalue weighted by atomic mass is 19.1. The Balaban J connectivity index is 1.56. The molecule has 1 N–H and O–H groups in total. The number of hydrogen-bond donors (Lipinski definition) is 1. The van der Waals surface area contributed by atoms with Gasteiger partial charge >= 0.3 is 0 Å². The summed E-state index contributed by atoms with van der Waals surface area (Å²) in [6.07, 6.45) is 5.65. The molecule has 2 atom stereocenters. The third-order valence-corrected chi connectivity index (χ3v) is 5.77. The smallest absolute Gasteiger partial charge is 0.236 e. The number of carbonyl (C=O) groups is 1. The minimum absolute atomic E-state index is 0.0312. The van der Waals surface area contributed by atoms with E-state index in [1.807, 2.05) is 18.0 Å². The molecule has 1 aliphatic carbocycles. The highest BCUT2D eigenvalue weighted by Gasteiger charge is 2.31. The summed E-state index contributed by atoms with van der Waals surface area (Å²) in [5.41, 5.74) is 0.876. The standard InChI is InChI=1S/C20H29FN2O2/c1-22(18-7-2-3-8-18)14-20(25)23-10-9-19(24)16(13-23)11-15-5-4-6-17(21)12-15/h4-6,12,16,18-19,24H,2-3,7-11,13-14H2,1H3/t16-,19+/m1/s1. The van der Waals surface area contributed by atoms with E-state index >= 15 is 0 Å². The fraction of sp³-hybridized carbons (Fsp3) is 0.650. The second-order valence-corrected chi connectivity index (χ2v) is 7.64. The minimum Gasteiger partial charge on any atom is -0.393 e. The van der Waals surface area contributed by atoms with Gasteiger partial charge in [0.2, 0.25) is 5.91 Å². The van der Waals surface area contributed by atoms with Gasteiger partial charge in [0.05, 0.1) is 12.6 Å². The molecule has 0 unspecified atom stereocenters. The third kappa shape index (κ3) is 4.79. The molecule has 0 radical (unpaired) electrons. The average molecular weight is 348 g/mol. The molecule has 1 saturated carbocycles. The van der Waals surface area contributed by atoms with Crippen LogP contribution in [0.15, 0.2) is 24.3 Å². The molecule has 2 aliphatic rings. The van der Waals surface area contributed by atoms with Crippen molar-refractivity contribution in [1.29, 1.82) is 0 Å². The van der Waals surface area contributed by atoms with Crippen molar-refractivity contribution in [1.82, 2.24) is 9.80 Å². The van der Waals surface area contributed by atoms with Crippen molar-refractivity contribution in [2.45, 2.75) is 50.7 Å². The molecule has 4 nitrogen and oxygen atoms in total. The van der Waals surface area contributed by atoms with Gasteiger partial charge in [0.1, 0.15) is 5.82 Å². The molecular formula is C20H29FN2O2. The van der Waals surface area contributed by atoms with E-state index in [4.69, 9.17) is 0 Å². The number of amides is 1. The molecule has 2 fully saturated rings. The minimum atomic E-state index is -0.431. The zero-order valence-corrected chi connectivity index (χ0v) is 15.0. The lowest BCUT2D eigenvalue weighted by atomic mass is 9.88. The maximum absolute atomic E-state index is 13.4. The molecule has 1 amide bonds. The molecule has 1 heterocycles. The zero-order valence-electron chi connectivity index (χ0n) is 15.0. The van der Waals surface area contributed by atoms with Crippen LogP contribution in [0.25, 0.3) is 0 Å². The fourth-order valence-electron chi connectivity index (χ4n) is 4.20. The van der Waals surface area contributed by atoms with E-state index in [9.17, 15) is 14.3 Å². The van der Waals surface area contributed by atoms with Crippen LogP contribution in [0.2, 0.25) is 0 Å². The average Bonchev–Trinajstić information content (AvgIpc) is 3.11. The van der Waals surface area contributed by atoms with Gasteiger partial charge in [0, 0.05) is 25.0 Å². The molecule has 138 valence electrons. The number of aliphatic hydroxyl groups is 1. The Bertz CT molecular complexity index is 589. The predicted octanol–water partition coefficient (Wildman–Crippen LogP) is 2.45. The molecule has 0 spiro atoms. The number of aliphatic hydroxyl groups excluding tert-OH is 1. The molecular weight excluding hydrogens is 319 g/mol. The van der Waals surface area contributed by atoms with Crippen LogP contribution in [0.4, 0.5) is 4.39 Å². The first-order chi connectivity index (χ1) is 12.0. The van der Waals surface area contributed by atoms with Gasteiger partial charge in [0.25, 0.3) is 0 Å². The summed E-state index contributed by atoms with van der Waals surface area (Å²) in [6, 6.07) is 7.04. The Morgan fingerprint density at radius 3 is 2.80 bits per heavy atom. The van der Waals surface area contributed by atoms with E-state index < -0.39 is 6.10 Å². The Morgan fingerprint density at radius 2 is 2.08 bits per heavy atom. The lowest BCUT2D eigenvalue weighted by Gasteiger charge is -2.37. The van der Waals surface area contributed by atoms with Gasteiger partial charge in [-0.15, -0.1) is 0 Å². The van der Waals surface area contributed by atoms with E-state index in [2.05, 4.69) is 4.90 Å². The van der Waals surface area contributed by atoms with Crippen LogP contribution in [0.3, 0.4) is 0 Å². The molecule has 1 saturated heterocycles. The normalized spacial score (nSPS) is 24.9. The van der Waals surface area contributed by atoms with Crippen molar-refractivity contribution in [3.8, 4) is 0 Å². The number of likely N-dealkylation sites (N-methyl/N-ethyl adjacent to an activating group) is 1. The van der Waals surface area contributed by atoms with Crippen LogP contribution in [-0.2, 0) is 11.2 Å². The van der Waals surface area contributed by atoms with Gasteiger partial charge in [0.15, 0.2) is 0 Å². The second-order valence-electron chi connectivity index (χ2n) is 7.64. The lowest BCUT2D eigenvalue weighted by molar-refractivity contribution is -0.136. The number of carbonyl (C=O) groups excluding carboxylic acids is 1. The first-order valence-corrected chi connectivity index (χ1v) is 9.43. The van der Waals surface area contributed by atoms with E-state index in [0.29, 0.717) is 38.5 Å². The molecule has 0 aromatic heterocycles. The van der Waals surface area contributed by atoms with E-state index in [0.717, 1.165) is 5.56 Å². The Labute approximate surface area is 149 Å². The zero-order chi connectivity index (χ0) is 17.8. The molecule has 5 heteroatoms. The van der Waals surface area contributed by atoms with Gasteiger partial charge in [-0.3, -0.25) is 9.69 Å². The molecule has 1 aromatic rings. The van der Waals surface area contributed by atoms with E-state index in [1.54, 1.807) is 6.07 Å². The van der Waals surface area contributed by atoms with Crippen molar-refractivity contribution in [2.24, 2.45) is 5.92 Å². The van der Waals surface area contributed by atoms with E-state index in [1.165, 1.54) is 37.8 Å². The summed E-state index contributed by atoms with van der Waals surface area (Å²) in [4.78, 5) is 16.7. The number of halogens is 1. The first-order valence-electron chi connectivity index (χ1n) is 9.43. The van der Waals surface area contributed by atoms with Crippen molar-refractivity contribution in [2.75, 3.05) is 26.7 Å². The Morgan fingerprint density at radius 1 is 1.32 bits per heavy atom. The number of benzene rings is 1. The molecule has 3 rings (SSSR count). The number of piperidine rings is 1. The predicted molar refractivity (Wildman–Crippen MR) is 95.7 cm³/mol. The summed E-state index contributed by atoms with van der Waals surface area (Å²) >= 11 is 0. The van der Waals surface area contributed by atoms with Crippen LogP contribution in [0.5, 0.6) is 0 Å². The van der Waals surface area contributed by atoms with Gasteiger partial charge in [-0.05, 0) is 50.4 Å². The van der Waals surface area contributed by atoms with E-state index in [-0.39, 0.29) is 17.6 Å². The monoisotopic (exact) mass is 348 g/mol. The number of nitrogens with zero attached hydrogens (tertiary/aromatic N) is 2. The fourth-order valence-corrected chi connectivity index (χ4v) is 4.20. The second kappa shape index (κ2) is 8.28. The number of hydrogen-bond acceptors (Lipinski definition) is 3. The topological polar surface area (TPSA) is 43.8 Å². The first kappa shape index (κ1) is 18.3. The largest absolute Gasteiger partial charge is 0.393 e. The highest BCUT2D eigenvalue weighted by molar-refractivity contribution is 5.78. The van der Waals surface area contributed by atoms with Crippen molar-refractivity contribution in [3.05, 3.63) is 35.6 Å². The van der Waals surface area contributed by atoms with Crippen LogP contribution in [-0.4, -0.2) is 59.6 Å². The number of rotatable bonds is 5. The van der Waals surface area contributed by atoms with Crippen LogP contribution in [0.1, 0.15) is 37.7 Å². The maximum Gasteiger partial charge on any atom is 0.236 e. The molecule has 1 aromatic carbocycles. The molecule has 1 aliphatic heterocycles. The summed E-state index contributed by atoms with van der Waals surface area (Å²) in [5.74, 6) is -0.143. The molecule has 0 bridgehead atoms. The van der Waals surface area contributed by atoms with Crippen molar-refractivity contribution >= 4 is 5.91 Å². The summed E-state index contributed by atoms with van der Waals surface area (Å²) in [7, 11) is 2.04. The number of likely N-dealkylation sites (tertiary alicyclic amines) is 1. The Hall–Kier alpha value is -1.46. The summed E-state index contributed by atoms with van der Waals surface area (Å²) in [6.45, 7) is 1.61. The van der Waals surface area contributed by atoms with Gasteiger partial charge in [-0.25, -0.2) is 4.39 Å². The summed E-state index contributed by atoms with van der Waals surface area (Å²) < 4.78 is 13.4. The van der Waals surface area contributed by atoms with Crippen molar-refractivity contribution in [3.63, 3.8) is 0 Å². The van der Waals surface area contributed by atoms with Gasteiger partial charge < -0.3 is 10.0 Å². The SMILES string of the molecule is CN(CC(=O)N1CC[C@H](O)[C@H](Cc2cccc(F)c2)C1)C1CCCC1. The van der Waals surface area contributed by atoms with Crippen molar-refractivity contribution < 1.29 is 14.3 Å². The van der Waals surface area contributed by atoms with Crippen LogP contribution < -0.4 is 0 Å². The Kier molecular flexibility index (Phi) is 6.07. The van der Waals surface area contributed by atoms with Gasteiger partial charge in [-0.2, -0.15) is 0 Å². The quantitative estimate of drug-likeness (QED) is 0.889. The molecule has 25 heavy (non-hydrogen) atoms.